The number of pyridine rings is 1. The molecule has 3 heteroatoms. The molecule has 0 bridgehead atoms. The van der Waals surface area contributed by atoms with Crippen LogP contribution in [0.15, 0.2) is 23.6 Å². The van der Waals surface area contributed by atoms with E-state index in [0.717, 1.165) is 5.56 Å². The van der Waals surface area contributed by atoms with E-state index in [1.807, 2.05) is 0 Å². The van der Waals surface area contributed by atoms with Crippen molar-refractivity contribution in [2.75, 3.05) is 7.11 Å². The van der Waals surface area contributed by atoms with Crippen LogP contribution in [-0.2, 0) is 0 Å². The molecule has 1 aromatic heterocycles. The lowest BCUT2D eigenvalue weighted by Gasteiger charge is -1.97. The van der Waals surface area contributed by atoms with E-state index in [9.17, 15) is 4.79 Å². The van der Waals surface area contributed by atoms with Gasteiger partial charge in [0.1, 0.15) is 0 Å². The maximum Gasteiger partial charge on any atom is 0.290 e. The van der Waals surface area contributed by atoms with Crippen molar-refractivity contribution in [3.8, 4) is 5.75 Å². The summed E-state index contributed by atoms with van der Waals surface area (Å²) in [5.41, 5.74) is 0.611. The van der Waals surface area contributed by atoms with Gasteiger partial charge < -0.3 is 9.72 Å². The summed E-state index contributed by atoms with van der Waals surface area (Å²) in [7, 11) is 1.46. The number of hydrogen-bond acceptors (Lipinski definition) is 2. The topological polar surface area (TPSA) is 42.1 Å². The van der Waals surface area contributed by atoms with Crippen molar-refractivity contribution in [3.63, 3.8) is 0 Å². The van der Waals surface area contributed by atoms with Gasteiger partial charge in [0.2, 0.25) is 0 Å². The Kier molecular flexibility index (Phi) is 2.11. The van der Waals surface area contributed by atoms with Gasteiger partial charge in [-0.05, 0) is 11.6 Å². The first-order valence-corrected chi connectivity index (χ1v) is 3.17. The molecule has 0 aliphatic carbocycles. The molecule has 0 saturated heterocycles. The Labute approximate surface area is 64.3 Å². The molecule has 0 fully saturated rings. The minimum atomic E-state index is -0.224. The van der Waals surface area contributed by atoms with Gasteiger partial charge in [0.25, 0.3) is 5.56 Å². The minimum Gasteiger partial charge on any atom is -0.491 e. The molecule has 1 rings (SSSR count). The molecule has 58 valence electrons. The number of methoxy groups -OCH3 is 1. The van der Waals surface area contributed by atoms with Crippen molar-refractivity contribution >= 4 is 6.08 Å². The van der Waals surface area contributed by atoms with Crippen LogP contribution in [0.1, 0.15) is 5.56 Å². The molecule has 1 heterocycles. The van der Waals surface area contributed by atoms with Gasteiger partial charge in [0, 0.05) is 6.20 Å². The third-order valence-electron chi connectivity index (χ3n) is 1.35. The van der Waals surface area contributed by atoms with Gasteiger partial charge in [-0.15, -0.1) is 0 Å². The normalized spacial score (nSPS) is 9.18. The van der Waals surface area contributed by atoms with Crippen molar-refractivity contribution in [1.82, 2.24) is 4.98 Å². The predicted octanol–water partition coefficient (Wildman–Crippen LogP) is 1.03. The Morgan fingerprint density at radius 1 is 1.73 bits per heavy atom. The molecule has 0 atom stereocenters. The molecule has 0 aromatic carbocycles. The lowest BCUT2D eigenvalue weighted by Crippen LogP contribution is -2.08. The number of ether oxygens (including phenoxy) is 1. The number of aromatic nitrogens is 1. The van der Waals surface area contributed by atoms with Crippen LogP contribution in [-0.4, -0.2) is 12.1 Å². The zero-order valence-electron chi connectivity index (χ0n) is 6.26. The highest BCUT2D eigenvalue weighted by atomic mass is 16.5. The molecular weight excluding hydrogens is 142 g/mol. The average Bonchev–Trinajstić information content (AvgIpc) is 2.05. The number of aromatic amines is 1. The summed E-state index contributed by atoms with van der Waals surface area (Å²) < 4.78 is 4.80. The monoisotopic (exact) mass is 151 g/mol. The van der Waals surface area contributed by atoms with Gasteiger partial charge in [0.05, 0.1) is 7.11 Å². The zero-order valence-corrected chi connectivity index (χ0v) is 6.26. The molecule has 0 radical (unpaired) electrons. The fraction of sp³-hybridized carbons (Fsp3) is 0.125. The molecule has 3 nitrogen and oxygen atoms in total. The fourth-order valence-corrected chi connectivity index (χ4v) is 0.748. The van der Waals surface area contributed by atoms with Crippen molar-refractivity contribution < 1.29 is 4.74 Å². The quantitative estimate of drug-likeness (QED) is 0.685. The zero-order chi connectivity index (χ0) is 8.27. The van der Waals surface area contributed by atoms with Crippen molar-refractivity contribution in [2.24, 2.45) is 0 Å². The lowest BCUT2D eigenvalue weighted by molar-refractivity contribution is 0.408. The van der Waals surface area contributed by atoms with Gasteiger partial charge in [-0.2, -0.15) is 0 Å². The Morgan fingerprint density at radius 2 is 2.45 bits per heavy atom. The second kappa shape index (κ2) is 3.05. The first-order chi connectivity index (χ1) is 5.27. The summed E-state index contributed by atoms with van der Waals surface area (Å²) in [6, 6.07) is 1.63. The second-order valence-corrected chi connectivity index (χ2v) is 2.03. The van der Waals surface area contributed by atoms with Crippen LogP contribution >= 0.6 is 0 Å². The highest BCUT2D eigenvalue weighted by molar-refractivity contribution is 5.47. The summed E-state index contributed by atoms with van der Waals surface area (Å²) in [6.07, 6.45) is 3.22. The van der Waals surface area contributed by atoms with Crippen molar-refractivity contribution in [3.05, 3.63) is 34.8 Å². The molecule has 0 spiro atoms. The van der Waals surface area contributed by atoms with Crippen molar-refractivity contribution in [2.45, 2.75) is 0 Å². The van der Waals surface area contributed by atoms with Crippen LogP contribution in [0, 0.1) is 0 Å². The molecule has 0 aliphatic heterocycles. The van der Waals surface area contributed by atoms with Crippen LogP contribution in [0.5, 0.6) is 5.75 Å². The van der Waals surface area contributed by atoms with E-state index in [0.29, 0.717) is 5.75 Å². The fourth-order valence-electron chi connectivity index (χ4n) is 0.748. The summed E-state index contributed by atoms with van der Waals surface area (Å²) >= 11 is 0. The Bertz CT molecular complexity index is 314. The summed E-state index contributed by atoms with van der Waals surface area (Å²) in [4.78, 5) is 13.4. The maximum absolute atomic E-state index is 10.9. The Balaban J connectivity index is 3.23. The standard InChI is InChI=1S/C8H9NO2/c1-3-6-4-7(11-2)8(10)9-5-6/h3-5H,1H2,2H3,(H,9,10). The van der Waals surface area contributed by atoms with Gasteiger partial charge in [-0.1, -0.05) is 12.7 Å². The SMILES string of the molecule is C=Cc1c[nH]c(=O)c(OC)c1. The number of hydrogen-bond donors (Lipinski definition) is 1. The third-order valence-corrected chi connectivity index (χ3v) is 1.35. The van der Waals surface area contributed by atoms with Gasteiger partial charge in [0.15, 0.2) is 5.75 Å². The molecule has 11 heavy (non-hydrogen) atoms. The van der Waals surface area contributed by atoms with Gasteiger partial charge in [-0.25, -0.2) is 0 Å². The van der Waals surface area contributed by atoms with Crippen LogP contribution < -0.4 is 10.3 Å². The number of nitrogens with one attached hydrogen (secondary N) is 1. The summed E-state index contributed by atoms with van der Waals surface area (Å²) in [5, 5.41) is 0. The van der Waals surface area contributed by atoms with E-state index in [2.05, 4.69) is 11.6 Å². The molecule has 1 aromatic rings. The Morgan fingerprint density at radius 3 is 3.00 bits per heavy atom. The minimum absolute atomic E-state index is 0.224. The van der Waals surface area contributed by atoms with Crippen LogP contribution in [0.4, 0.5) is 0 Å². The van der Waals surface area contributed by atoms with E-state index in [4.69, 9.17) is 4.74 Å². The van der Waals surface area contributed by atoms with Crippen LogP contribution in [0.25, 0.3) is 6.08 Å². The largest absolute Gasteiger partial charge is 0.491 e. The van der Waals surface area contributed by atoms with Crippen molar-refractivity contribution in [1.29, 1.82) is 0 Å². The lowest BCUT2D eigenvalue weighted by atomic mass is 10.3. The molecule has 1 N–H and O–H groups in total. The van der Waals surface area contributed by atoms with E-state index < -0.39 is 0 Å². The van der Waals surface area contributed by atoms with E-state index in [-0.39, 0.29) is 5.56 Å². The second-order valence-electron chi connectivity index (χ2n) is 2.03. The molecule has 0 amide bonds. The van der Waals surface area contributed by atoms with E-state index in [1.54, 1.807) is 18.3 Å². The average molecular weight is 151 g/mol. The van der Waals surface area contributed by atoms with Gasteiger partial charge >= 0.3 is 0 Å². The summed E-state index contributed by atoms with van der Waals surface area (Å²) in [6.45, 7) is 3.56. The first-order valence-electron chi connectivity index (χ1n) is 3.17. The van der Waals surface area contributed by atoms with E-state index >= 15 is 0 Å². The van der Waals surface area contributed by atoms with Crippen LogP contribution in [0.3, 0.4) is 0 Å². The number of rotatable bonds is 2. The van der Waals surface area contributed by atoms with Crippen LogP contribution in [0.2, 0.25) is 0 Å². The predicted molar refractivity (Wildman–Crippen MR) is 43.7 cm³/mol. The Hall–Kier alpha value is -1.51. The third kappa shape index (κ3) is 1.49. The molecule has 0 aliphatic rings. The highest BCUT2D eigenvalue weighted by Gasteiger charge is 1.97. The van der Waals surface area contributed by atoms with Gasteiger partial charge in [-0.3, -0.25) is 4.79 Å². The molecule has 0 saturated carbocycles. The number of H-pyrrole nitrogens is 1. The van der Waals surface area contributed by atoms with E-state index in [1.165, 1.54) is 7.11 Å². The maximum atomic E-state index is 10.9. The molecular formula is C8H9NO2. The first kappa shape index (κ1) is 7.60. The summed E-state index contributed by atoms with van der Waals surface area (Å²) in [5.74, 6) is 0.308. The molecule has 0 unspecified atom stereocenters. The smallest absolute Gasteiger partial charge is 0.290 e. The highest BCUT2D eigenvalue weighted by Crippen LogP contribution is 2.05.